The minimum Gasteiger partial charge on any atom is -0.496 e. The Morgan fingerprint density at radius 2 is 1.93 bits per heavy atom. The van der Waals surface area contributed by atoms with Crippen molar-refractivity contribution in [1.29, 1.82) is 0 Å². The number of hydrogen-bond acceptors (Lipinski definition) is 4. The summed E-state index contributed by atoms with van der Waals surface area (Å²) in [7, 11) is 3.73. The summed E-state index contributed by atoms with van der Waals surface area (Å²) < 4.78 is 5.35. The molecular formula is C24H30ClN3O2. The van der Waals surface area contributed by atoms with E-state index in [0.717, 1.165) is 26.1 Å². The minimum atomic E-state index is -0.156. The number of hydrogen-bond donors (Lipinski definition) is 1. The molecule has 0 aliphatic carbocycles. The lowest BCUT2D eigenvalue weighted by Gasteiger charge is -2.32. The van der Waals surface area contributed by atoms with E-state index in [9.17, 15) is 4.79 Å². The van der Waals surface area contributed by atoms with E-state index < -0.39 is 0 Å². The van der Waals surface area contributed by atoms with Gasteiger partial charge in [-0.25, -0.2) is 0 Å². The van der Waals surface area contributed by atoms with Crippen LogP contribution in [0.15, 0.2) is 36.4 Å². The van der Waals surface area contributed by atoms with Crippen LogP contribution in [0.2, 0.25) is 5.02 Å². The summed E-state index contributed by atoms with van der Waals surface area (Å²) in [5, 5.41) is 3.66. The van der Waals surface area contributed by atoms with Crippen molar-refractivity contribution in [1.82, 2.24) is 10.2 Å². The first-order valence-corrected chi connectivity index (χ1v) is 11.1. The molecule has 0 radical (unpaired) electrons. The fraction of sp³-hybridized carbons (Fsp3) is 0.458. The van der Waals surface area contributed by atoms with Gasteiger partial charge in [0.05, 0.1) is 18.7 Å². The van der Waals surface area contributed by atoms with Gasteiger partial charge < -0.3 is 15.0 Å². The Bertz CT molecular complexity index is 911. The van der Waals surface area contributed by atoms with Gasteiger partial charge in [-0.3, -0.25) is 9.69 Å². The molecule has 1 saturated heterocycles. The number of methoxy groups -OCH3 is 1. The number of aryl methyl sites for hydroxylation is 1. The maximum absolute atomic E-state index is 12.9. The number of carbonyl (C=O) groups excluding carboxylic acids is 1. The molecule has 2 aliphatic heterocycles. The van der Waals surface area contributed by atoms with Crippen molar-refractivity contribution in [3.05, 3.63) is 58.1 Å². The molecule has 2 aromatic carbocycles. The van der Waals surface area contributed by atoms with Crippen molar-refractivity contribution in [2.24, 2.45) is 0 Å². The van der Waals surface area contributed by atoms with E-state index in [1.807, 2.05) is 0 Å². The van der Waals surface area contributed by atoms with E-state index >= 15 is 0 Å². The number of rotatable bonds is 6. The molecule has 5 nitrogen and oxygen atoms in total. The van der Waals surface area contributed by atoms with Crippen molar-refractivity contribution in [2.75, 3.05) is 45.2 Å². The fourth-order valence-corrected chi connectivity index (χ4v) is 4.84. The van der Waals surface area contributed by atoms with Crippen molar-refractivity contribution >= 4 is 23.2 Å². The largest absolute Gasteiger partial charge is 0.496 e. The maximum Gasteiger partial charge on any atom is 0.255 e. The highest BCUT2D eigenvalue weighted by atomic mass is 35.5. The number of carbonyl (C=O) groups is 1. The highest BCUT2D eigenvalue weighted by molar-refractivity contribution is 6.31. The highest BCUT2D eigenvalue weighted by Gasteiger charge is 2.26. The predicted molar refractivity (Wildman–Crippen MR) is 122 cm³/mol. The Hall–Kier alpha value is -2.24. The Balaban J connectivity index is 1.55. The smallest absolute Gasteiger partial charge is 0.255 e. The Kier molecular flexibility index (Phi) is 6.49. The topological polar surface area (TPSA) is 44.8 Å². The zero-order valence-corrected chi connectivity index (χ0v) is 18.5. The van der Waals surface area contributed by atoms with Crippen LogP contribution in [0.3, 0.4) is 0 Å². The second-order valence-electron chi connectivity index (χ2n) is 8.23. The molecule has 160 valence electrons. The normalized spacial score (nSPS) is 17.5. The minimum absolute atomic E-state index is 0.156. The van der Waals surface area contributed by atoms with Crippen LogP contribution in [0.25, 0.3) is 0 Å². The number of benzene rings is 2. The third-order valence-electron chi connectivity index (χ3n) is 6.28. The van der Waals surface area contributed by atoms with E-state index in [0.29, 0.717) is 22.9 Å². The molecular weight excluding hydrogens is 398 g/mol. The summed E-state index contributed by atoms with van der Waals surface area (Å²) in [4.78, 5) is 17.8. The number of anilines is 1. The number of likely N-dealkylation sites (tertiary alicyclic amines) is 1. The van der Waals surface area contributed by atoms with E-state index in [2.05, 4.69) is 40.4 Å². The number of nitrogens with one attached hydrogen (secondary N) is 1. The lowest BCUT2D eigenvalue weighted by molar-refractivity contribution is 0.0935. The number of amides is 1. The molecule has 6 heteroatoms. The standard InChI is InChI=1S/C24H30ClN3O2/c1-27-11-5-6-17-14-18(7-9-21(17)27)22(28-12-3-4-13-28)16-26-24(29)20-15-19(25)8-10-23(20)30-2/h7-10,14-15,22H,3-6,11-13,16H2,1-2H3,(H,26,29)/t22-/m1/s1. The van der Waals surface area contributed by atoms with Crippen molar-refractivity contribution < 1.29 is 9.53 Å². The molecule has 0 saturated carbocycles. The predicted octanol–water partition coefficient (Wildman–Crippen LogP) is 4.30. The van der Waals surface area contributed by atoms with Crippen LogP contribution in [0.5, 0.6) is 5.75 Å². The first-order chi connectivity index (χ1) is 14.6. The van der Waals surface area contributed by atoms with Gasteiger partial charge in [-0.1, -0.05) is 23.7 Å². The van der Waals surface area contributed by atoms with Gasteiger partial charge in [0.15, 0.2) is 0 Å². The Morgan fingerprint density at radius 1 is 1.13 bits per heavy atom. The summed E-state index contributed by atoms with van der Waals surface area (Å²) in [5.74, 6) is 0.377. The monoisotopic (exact) mass is 427 g/mol. The Labute approximate surface area is 184 Å². The van der Waals surface area contributed by atoms with Crippen LogP contribution < -0.4 is 15.0 Å². The van der Waals surface area contributed by atoms with Gasteiger partial charge in [-0.2, -0.15) is 0 Å². The number of ether oxygens (including phenoxy) is 1. The molecule has 4 rings (SSSR count). The van der Waals surface area contributed by atoms with Crippen LogP contribution in [0.4, 0.5) is 5.69 Å². The third-order valence-corrected chi connectivity index (χ3v) is 6.52. The summed E-state index contributed by atoms with van der Waals surface area (Å²) in [6.07, 6.45) is 4.72. The molecule has 0 aromatic heterocycles. The summed E-state index contributed by atoms with van der Waals surface area (Å²) in [6, 6.07) is 12.1. The molecule has 1 atom stereocenters. The fourth-order valence-electron chi connectivity index (χ4n) is 4.67. The van der Waals surface area contributed by atoms with E-state index in [1.165, 1.54) is 36.1 Å². The van der Waals surface area contributed by atoms with Gasteiger partial charge in [-0.15, -0.1) is 0 Å². The van der Waals surface area contributed by atoms with Crippen molar-refractivity contribution in [2.45, 2.75) is 31.7 Å². The summed E-state index contributed by atoms with van der Waals surface area (Å²) in [5.41, 5.74) is 4.49. The number of fused-ring (bicyclic) bond motifs is 1. The number of nitrogens with zero attached hydrogens (tertiary/aromatic N) is 2. The lowest BCUT2D eigenvalue weighted by atomic mass is 9.96. The van der Waals surface area contributed by atoms with E-state index in [4.69, 9.17) is 16.3 Å². The average molecular weight is 428 g/mol. The van der Waals surface area contributed by atoms with Gasteiger partial charge >= 0.3 is 0 Å². The molecule has 0 bridgehead atoms. The van der Waals surface area contributed by atoms with Gasteiger partial charge in [0.2, 0.25) is 0 Å². The molecule has 2 heterocycles. The second kappa shape index (κ2) is 9.27. The van der Waals surface area contributed by atoms with Crippen molar-refractivity contribution in [3.8, 4) is 5.75 Å². The summed E-state index contributed by atoms with van der Waals surface area (Å²) in [6.45, 7) is 3.80. The molecule has 2 aromatic rings. The van der Waals surface area contributed by atoms with Crippen molar-refractivity contribution in [3.63, 3.8) is 0 Å². The van der Waals surface area contributed by atoms with Gasteiger partial charge in [-0.05, 0) is 74.2 Å². The first-order valence-electron chi connectivity index (χ1n) is 10.8. The SMILES string of the molecule is COc1ccc(Cl)cc1C(=O)NC[C@H](c1ccc2c(c1)CCCN2C)N1CCCC1. The molecule has 0 spiro atoms. The van der Waals surface area contributed by atoms with Crippen LogP contribution in [0, 0.1) is 0 Å². The Morgan fingerprint density at radius 3 is 2.70 bits per heavy atom. The molecule has 2 aliphatic rings. The zero-order valence-electron chi connectivity index (χ0n) is 17.8. The lowest BCUT2D eigenvalue weighted by Crippen LogP contribution is -2.37. The van der Waals surface area contributed by atoms with Gasteiger partial charge in [0.25, 0.3) is 5.91 Å². The quantitative estimate of drug-likeness (QED) is 0.746. The molecule has 1 N–H and O–H groups in total. The summed E-state index contributed by atoms with van der Waals surface area (Å²) >= 11 is 6.11. The number of halogens is 1. The van der Waals surface area contributed by atoms with Gasteiger partial charge in [0, 0.05) is 30.8 Å². The zero-order chi connectivity index (χ0) is 21.1. The molecule has 30 heavy (non-hydrogen) atoms. The van der Waals surface area contributed by atoms with Crippen LogP contribution in [-0.2, 0) is 6.42 Å². The molecule has 1 fully saturated rings. The van der Waals surface area contributed by atoms with Gasteiger partial charge in [0.1, 0.15) is 5.75 Å². The third kappa shape index (κ3) is 4.42. The van der Waals surface area contributed by atoms with Crippen LogP contribution in [0.1, 0.15) is 46.8 Å². The van der Waals surface area contributed by atoms with E-state index in [-0.39, 0.29) is 11.9 Å². The first kappa shape index (κ1) is 21.0. The molecule has 1 amide bonds. The highest BCUT2D eigenvalue weighted by Crippen LogP contribution is 2.32. The van der Waals surface area contributed by atoms with Crippen LogP contribution >= 0.6 is 11.6 Å². The molecule has 0 unspecified atom stereocenters. The second-order valence-corrected chi connectivity index (χ2v) is 8.66. The van der Waals surface area contributed by atoms with Crippen LogP contribution in [-0.4, -0.2) is 51.1 Å². The maximum atomic E-state index is 12.9. The van der Waals surface area contributed by atoms with E-state index in [1.54, 1.807) is 25.3 Å². The average Bonchev–Trinajstić information content (AvgIpc) is 3.28.